The highest BCUT2D eigenvalue weighted by atomic mass is 32.2. The number of rotatable bonds is 1. The van der Waals surface area contributed by atoms with Gasteiger partial charge in [-0.05, 0) is 54.0 Å². The van der Waals surface area contributed by atoms with Crippen molar-refractivity contribution in [1.29, 1.82) is 0 Å². The Labute approximate surface area is 103 Å². The predicted molar refractivity (Wildman–Crippen MR) is 66.9 cm³/mol. The molecule has 1 unspecified atom stereocenters. The summed E-state index contributed by atoms with van der Waals surface area (Å²) in [4.78, 5) is 2.64. The zero-order chi connectivity index (χ0) is 12.0. The molecule has 0 amide bonds. The normalized spacial score (nSPS) is 19.9. The zero-order valence-corrected chi connectivity index (χ0v) is 10.4. The van der Waals surface area contributed by atoms with Gasteiger partial charge in [0.25, 0.3) is 0 Å². The van der Waals surface area contributed by atoms with Gasteiger partial charge in [0.05, 0.1) is 4.90 Å². The third-order valence-electron chi connectivity index (χ3n) is 3.67. The third-order valence-corrected chi connectivity index (χ3v) is 4.48. The molecule has 17 heavy (non-hydrogen) atoms. The van der Waals surface area contributed by atoms with E-state index in [1.807, 2.05) is 6.07 Å². The molecule has 1 atom stereocenters. The first-order valence-electron chi connectivity index (χ1n) is 5.97. The van der Waals surface area contributed by atoms with Crippen molar-refractivity contribution in [3.05, 3.63) is 17.2 Å². The fraction of sp³-hybridized carbons (Fsp3) is 0.500. The topological polar surface area (TPSA) is 69.4 Å². The summed E-state index contributed by atoms with van der Waals surface area (Å²) in [5, 5.41) is 0. The van der Waals surface area contributed by atoms with Crippen LogP contribution in [0.4, 0.5) is 11.4 Å². The van der Waals surface area contributed by atoms with Crippen molar-refractivity contribution in [3.8, 4) is 0 Å². The fourth-order valence-corrected chi connectivity index (χ4v) is 3.70. The van der Waals surface area contributed by atoms with Gasteiger partial charge in [-0.1, -0.05) is 0 Å². The molecule has 5 heteroatoms. The van der Waals surface area contributed by atoms with E-state index < -0.39 is 11.1 Å². The van der Waals surface area contributed by atoms with Gasteiger partial charge in [-0.15, -0.1) is 0 Å². The van der Waals surface area contributed by atoms with E-state index in [-0.39, 0.29) is 0 Å². The Kier molecular flexibility index (Phi) is 2.60. The lowest BCUT2D eigenvalue weighted by Gasteiger charge is -2.38. The van der Waals surface area contributed by atoms with E-state index >= 15 is 0 Å². The van der Waals surface area contributed by atoms with Crippen LogP contribution in [0.2, 0.25) is 0 Å². The van der Waals surface area contributed by atoms with Crippen LogP contribution in [0.25, 0.3) is 0 Å². The molecule has 0 spiro atoms. The van der Waals surface area contributed by atoms with Gasteiger partial charge in [0.1, 0.15) is 0 Å². The number of benzene rings is 1. The molecule has 92 valence electrons. The maximum atomic E-state index is 11.3. The molecule has 2 heterocycles. The van der Waals surface area contributed by atoms with Crippen LogP contribution in [-0.4, -0.2) is 21.9 Å². The molecule has 1 aromatic rings. The van der Waals surface area contributed by atoms with Gasteiger partial charge in [-0.2, -0.15) is 0 Å². The largest absolute Gasteiger partial charge is 0.768 e. The van der Waals surface area contributed by atoms with Gasteiger partial charge in [-0.25, -0.2) is 0 Å². The minimum Gasteiger partial charge on any atom is -0.768 e. The summed E-state index contributed by atoms with van der Waals surface area (Å²) in [5.41, 5.74) is 9.61. The Morgan fingerprint density at radius 1 is 1.29 bits per heavy atom. The van der Waals surface area contributed by atoms with Crippen LogP contribution in [0.1, 0.15) is 24.0 Å². The maximum Gasteiger partial charge on any atom is 0.0531 e. The lowest BCUT2D eigenvalue weighted by Crippen LogP contribution is -2.35. The summed E-state index contributed by atoms with van der Waals surface area (Å²) in [6.45, 7) is 2.07. The molecule has 2 N–H and O–H groups in total. The first-order chi connectivity index (χ1) is 8.18. The molecule has 3 rings (SSSR count). The van der Waals surface area contributed by atoms with Crippen LogP contribution in [0.15, 0.2) is 11.0 Å². The molecule has 0 saturated heterocycles. The van der Waals surface area contributed by atoms with Gasteiger partial charge in [0.15, 0.2) is 0 Å². The number of anilines is 2. The average molecular weight is 251 g/mol. The molecule has 0 radical (unpaired) electrons. The van der Waals surface area contributed by atoms with Gasteiger partial charge < -0.3 is 15.2 Å². The van der Waals surface area contributed by atoms with Crippen LogP contribution in [-0.2, 0) is 23.9 Å². The monoisotopic (exact) mass is 251 g/mol. The SMILES string of the molecule is Nc1cc2c3c(c1S(=O)[O-])CCCN3CCC2. The number of aryl methyl sites for hydroxylation is 1. The number of nitrogens with zero attached hydrogens (tertiary/aromatic N) is 1. The molecule has 4 nitrogen and oxygen atoms in total. The van der Waals surface area contributed by atoms with E-state index in [0.717, 1.165) is 50.0 Å². The molecule has 0 aromatic heterocycles. The standard InChI is InChI=1S/C12H16N2O2S/c13-10-7-8-3-1-5-14-6-2-4-9(11(8)14)12(10)17(15)16/h7H,1-6,13H2,(H,15,16)/p-1. The molecule has 2 aliphatic rings. The van der Waals surface area contributed by atoms with Gasteiger partial charge in [0, 0.05) is 24.5 Å². The molecular formula is C12H15N2O2S-. The second-order valence-corrected chi connectivity index (χ2v) is 5.59. The first-order valence-corrected chi connectivity index (χ1v) is 7.04. The van der Waals surface area contributed by atoms with Crippen molar-refractivity contribution < 1.29 is 8.76 Å². The van der Waals surface area contributed by atoms with Crippen molar-refractivity contribution in [2.24, 2.45) is 0 Å². The summed E-state index contributed by atoms with van der Waals surface area (Å²) in [5.74, 6) is 0. The van der Waals surface area contributed by atoms with Crippen molar-refractivity contribution in [3.63, 3.8) is 0 Å². The number of nitrogen functional groups attached to an aromatic ring is 1. The highest BCUT2D eigenvalue weighted by Gasteiger charge is 2.27. The van der Waals surface area contributed by atoms with E-state index in [2.05, 4.69) is 4.90 Å². The zero-order valence-electron chi connectivity index (χ0n) is 9.57. The Morgan fingerprint density at radius 2 is 2.00 bits per heavy atom. The molecule has 0 aliphatic carbocycles. The maximum absolute atomic E-state index is 11.3. The Balaban J connectivity index is 2.28. The Bertz CT molecular complexity index is 500. The van der Waals surface area contributed by atoms with Crippen molar-refractivity contribution in [2.75, 3.05) is 23.7 Å². The molecule has 1 aromatic carbocycles. The highest BCUT2D eigenvalue weighted by Crippen LogP contribution is 2.40. The number of hydrogen-bond donors (Lipinski definition) is 1. The van der Waals surface area contributed by atoms with Crippen LogP contribution < -0.4 is 10.6 Å². The van der Waals surface area contributed by atoms with Gasteiger partial charge in [0.2, 0.25) is 0 Å². The molecule has 0 bridgehead atoms. The highest BCUT2D eigenvalue weighted by molar-refractivity contribution is 7.79. The first kappa shape index (κ1) is 11.0. The molecular weight excluding hydrogens is 236 g/mol. The summed E-state index contributed by atoms with van der Waals surface area (Å²) in [6.07, 6.45) is 3.98. The summed E-state index contributed by atoms with van der Waals surface area (Å²) < 4.78 is 22.6. The second-order valence-electron chi connectivity index (χ2n) is 4.71. The van der Waals surface area contributed by atoms with Gasteiger partial charge in [-0.3, -0.25) is 4.21 Å². The summed E-state index contributed by atoms with van der Waals surface area (Å²) in [6, 6.07) is 1.85. The number of hydrogen-bond acceptors (Lipinski definition) is 4. The molecule has 2 aliphatic heterocycles. The van der Waals surface area contributed by atoms with Crippen LogP contribution in [0.3, 0.4) is 0 Å². The van der Waals surface area contributed by atoms with E-state index in [0.29, 0.717) is 10.6 Å². The predicted octanol–water partition coefficient (Wildman–Crippen LogP) is 1.21. The average Bonchev–Trinajstić information content (AvgIpc) is 2.28. The smallest absolute Gasteiger partial charge is 0.0531 e. The Morgan fingerprint density at radius 3 is 2.71 bits per heavy atom. The summed E-state index contributed by atoms with van der Waals surface area (Å²) in [7, 11) is 0. The lowest BCUT2D eigenvalue weighted by atomic mass is 9.91. The Hall–Kier alpha value is -1.07. The van der Waals surface area contributed by atoms with Crippen molar-refractivity contribution in [1.82, 2.24) is 0 Å². The van der Waals surface area contributed by atoms with E-state index in [9.17, 15) is 8.76 Å². The quantitative estimate of drug-likeness (QED) is 0.601. The van der Waals surface area contributed by atoms with Gasteiger partial charge >= 0.3 is 0 Å². The number of nitrogens with two attached hydrogens (primary N) is 1. The lowest BCUT2D eigenvalue weighted by molar-refractivity contribution is 0.534. The third kappa shape index (κ3) is 1.65. The minimum atomic E-state index is -2.23. The molecule has 0 fully saturated rings. The van der Waals surface area contributed by atoms with E-state index in [4.69, 9.17) is 5.73 Å². The molecule has 0 saturated carbocycles. The van der Waals surface area contributed by atoms with Crippen LogP contribution in [0.5, 0.6) is 0 Å². The van der Waals surface area contributed by atoms with Crippen LogP contribution >= 0.6 is 0 Å². The van der Waals surface area contributed by atoms with E-state index in [1.165, 1.54) is 5.56 Å². The van der Waals surface area contributed by atoms with E-state index in [1.54, 1.807) is 0 Å². The second kappa shape index (κ2) is 3.99. The van der Waals surface area contributed by atoms with Crippen molar-refractivity contribution >= 4 is 22.5 Å². The minimum absolute atomic E-state index is 0.329. The van der Waals surface area contributed by atoms with Crippen molar-refractivity contribution in [2.45, 2.75) is 30.6 Å². The van der Waals surface area contributed by atoms with Crippen LogP contribution in [0, 0.1) is 0 Å². The fourth-order valence-electron chi connectivity index (χ4n) is 3.05. The summed E-state index contributed by atoms with van der Waals surface area (Å²) >= 11 is -2.23.